The third-order valence-corrected chi connectivity index (χ3v) is 3.65. The Morgan fingerprint density at radius 2 is 1.86 bits per heavy atom. The normalized spacial score (nSPS) is 9.90. The second kappa shape index (κ2) is 7.17. The molecule has 2 nitrogen and oxygen atoms in total. The molecule has 0 heterocycles. The number of hydrogen-bond acceptors (Lipinski definition) is 2. The van der Waals surface area contributed by atoms with E-state index in [4.69, 9.17) is 21.4 Å². The molecule has 0 unspecified atom stereocenters. The van der Waals surface area contributed by atoms with E-state index in [1.54, 1.807) is 0 Å². The van der Waals surface area contributed by atoms with E-state index in [0.29, 0.717) is 6.61 Å². The Hall–Kier alpha value is -1.95. The lowest BCUT2D eigenvalue weighted by molar-refractivity contribution is 0.306. The average molecular weight is 301 g/mol. The SMILES string of the molecule is Cc1cc(OCc2cccc(C#CCO)c2)cc(C)c1Cl. The minimum atomic E-state index is -0.135. The number of ether oxygens (including phenoxy) is 1. The minimum Gasteiger partial charge on any atom is -0.489 e. The first-order valence-corrected chi connectivity index (χ1v) is 7.06. The largest absolute Gasteiger partial charge is 0.489 e. The molecule has 0 saturated heterocycles. The van der Waals surface area contributed by atoms with Gasteiger partial charge in [0.25, 0.3) is 0 Å². The van der Waals surface area contributed by atoms with Crippen LogP contribution in [0.4, 0.5) is 0 Å². The van der Waals surface area contributed by atoms with Gasteiger partial charge in [0.1, 0.15) is 19.0 Å². The van der Waals surface area contributed by atoms with Crippen LogP contribution in [0.1, 0.15) is 22.3 Å². The Kier molecular flexibility index (Phi) is 5.27. The number of aliphatic hydroxyl groups excluding tert-OH is 1. The zero-order chi connectivity index (χ0) is 15.2. The molecule has 3 heteroatoms. The lowest BCUT2D eigenvalue weighted by Gasteiger charge is -2.10. The number of aliphatic hydroxyl groups is 1. The van der Waals surface area contributed by atoms with Crippen LogP contribution in [-0.2, 0) is 6.61 Å². The minimum absolute atomic E-state index is 0.135. The first kappa shape index (κ1) is 15.4. The molecule has 0 aliphatic heterocycles. The zero-order valence-electron chi connectivity index (χ0n) is 12.1. The van der Waals surface area contributed by atoms with Gasteiger partial charge in [0.05, 0.1) is 0 Å². The molecule has 2 rings (SSSR count). The van der Waals surface area contributed by atoms with E-state index in [0.717, 1.165) is 33.0 Å². The highest BCUT2D eigenvalue weighted by molar-refractivity contribution is 6.32. The molecule has 2 aromatic rings. The summed E-state index contributed by atoms with van der Waals surface area (Å²) in [6, 6.07) is 11.6. The van der Waals surface area contributed by atoms with Gasteiger partial charge in [-0.1, -0.05) is 35.6 Å². The standard InChI is InChI=1S/C18H17ClO2/c1-13-9-17(10-14(2)18(13)19)21-12-16-6-3-5-15(11-16)7-4-8-20/h3,5-6,9-11,20H,8,12H2,1-2H3. The van der Waals surface area contributed by atoms with Crippen molar-refractivity contribution >= 4 is 11.6 Å². The summed E-state index contributed by atoms with van der Waals surface area (Å²) < 4.78 is 5.81. The van der Waals surface area contributed by atoms with Gasteiger partial charge >= 0.3 is 0 Å². The molecule has 0 aliphatic rings. The summed E-state index contributed by atoms with van der Waals surface area (Å²) in [5.41, 5.74) is 3.92. The molecule has 0 saturated carbocycles. The molecule has 1 N–H and O–H groups in total. The van der Waals surface area contributed by atoms with Crippen molar-refractivity contribution in [2.45, 2.75) is 20.5 Å². The third-order valence-electron chi connectivity index (χ3n) is 3.05. The molecule has 0 spiro atoms. The van der Waals surface area contributed by atoms with Gasteiger partial charge in [-0.05, 0) is 54.8 Å². The average Bonchev–Trinajstić information content (AvgIpc) is 2.49. The first-order chi connectivity index (χ1) is 10.1. The van der Waals surface area contributed by atoms with Crippen LogP contribution in [0.3, 0.4) is 0 Å². The smallest absolute Gasteiger partial charge is 0.120 e. The molecule has 21 heavy (non-hydrogen) atoms. The van der Waals surface area contributed by atoms with Crippen LogP contribution in [-0.4, -0.2) is 11.7 Å². The molecule has 0 atom stereocenters. The van der Waals surface area contributed by atoms with Crippen LogP contribution in [0.2, 0.25) is 5.02 Å². The molecule has 0 fully saturated rings. The Bertz CT molecular complexity index is 673. The topological polar surface area (TPSA) is 29.5 Å². The fourth-order valence-electron chi connectivity index (χ4n) is 2.04. The van der Waals surface area contributed by atoms with E-state index in [1.807, 2.05) is 50.2 Å². The van der Waals surface area contributed by atoms with E-state index in [1.165, 1.54) is 0 Å². The molecular weight excluding hydrogens is 284 g/mol. The highest BCUT2D eigenvalue weighted by Crippen LogP contribution is 2.26. The maximum atomic E-state index is 8.71. The Labute approximate surface area is 130 Å². The summed E-state index contributed by atoms with van der Waals surface area (Å²) >= 11 is 6.14. The summed E-state index contributed by atoms with van der Waals surface area (Å²) in [4.78, 5) is 0. The lowest BCUT2D eigenvalue weighted by Crippen LogP contribution is -1.97. The van der Waals surface area contributed by atoms with Crippen molar-refractivity contribution in [3.8, 4) is 17.6 Å². The fraction of sp³-hybridized carbons (Fsp3) is 0.222. The second-order valence-corrected chi connectivity index (χ2v) is 5.20. The summed E-state index contributed by atoms with van der Waals surface area (Å²) in [5.74, 6) is 6.33. The number of rotatable bonds is 3. The highest BCUT2D eigenvalue weighted by Gasteiger charge is 2.04. The van der Waals surface area contributed by atoms with Gasteiger partial charge in [-0.25, -0.2) is 0 Å². The first-order valence-electron chi connectivity index (χ1n) is 6.68. The predicted octanol–water partition coefficient (Wildman–Crippen LogP) is 3.88. The number of hydrogen-bond donors (Lipinski definition) is 1. The van der Waals surface area contributed by atoms with Crippen LogP contribution in [0.25, 0.3) is 0 Å². The molecule has 108 valence electrons. The molecule has 0 bridgehead atoms. The van der Waals surface area contributed by atoms with Crippen molar-refractivity contribution in [3.63, 3.8) is 0 Å². The van der Waals surface area contributed by atoms with E-state index in [9.17, 15) is 0 Å². The van der Waals surface area contributed by atoms with Gasteiger partial charge in [-0.3, -0.25) is 0 Å². The van der Waals surface area contributed by atoms with E-state index < -0.39 is 0 Å². The Balaban J connectivity index is 2.09. The maximum absolute atomic E-state index is 8.71. The van der Waals surface area contributed by atoms with Crippen LogP contribution in [0.5, 0.6) is 5.75 Å². The van der Waals surface area contributed by atoms with E-state index in [-0.39, 0.29) is 6.61 Å². The Morgan fingerprint density at radius 3 is 2.52 bits per heavy atom. The van der Waals surface area contributed by atoms with Gasteiger partial charge in [-0.2, -0.15) is 0 Å². The van der Waals surface area contributed by atoms with Crippen molar-refractivity contribution in [3.05, 3.63) is 63.7 Å². The molecule has 2 aromatic carbocycles. The van der Waals surface area contributed by atoms with Crippen molar-refractivity contribution in [2.24, 2.45) is 0 Å². The number of halogens is 1. The zero-order valence-corrected chi connectivity index (χ0v) is 12.9. The quantitative estimate of drug-likeness (QED) is 0.872. The van der Waals surface area contributed by atoms with Gasteiger partial charge in [0.15, 0.2) is 0 Å². The lowest BCUT2D eigenvalue weighted by atomic mass is 10.1. The van der Waals surface area contributed by atoms with Crippen LogP contribution in [0, 0.1) is 25.7 Å². The summed E-state index contributed by atoms with van der Waals surface area (Å²) in [7, 11) is 0. The molecular formula is C18H17ClO2. The van der Waals surface area contributed by atoms with Crippen molar-refractivity contribution in [1.29, 1.82) is 0 Å². The molecule has 0 radical (unpaired) electrons. The van der Waals surface area contributed by atoms with Crippen molar-refractivity contribution in [2.75, 3.05) is 6.61 Å². The monoisotopic (exact) mass is 300 g/mol. The van der Waals surface area contributed by atoms with Crippen LogP contribution < -0.4 is 4.74 Å². The number of benzene rings is 2. The molecule has 0 aliphatic carbocycles. The molecule has 0 aromatic heterocycles. The Morgan fingerprint density at radius 1 is 1.14 bits per heavy atom. The summed E-state index contributed by atoms with van der Waals surface area (Å²) in [6.07, 6.45) is 0. The fourth-order valence-corrected chi connectivity index (χ4v) is 2.15. The maximum Gasteiger partial charge on any atom is 0.120 e. The van der Waals surface area contributed by atoms with Crippen molar-refractivity contribution < 1.29 is 9.84 Å². The van der Waals surface area contributed by atoms with Crippen LogP contribution in [0.15, 0.2) is 36.4 Å². The highest BCUT2D eigenvalue weighted by atomic mass is 35.5. The third kappa shape index (κ3) is 4.26. The second-order valence-electron chi connectivity index (χ2n) is 4.82. The summed E-state index contributed by atoms with van der Waals surface area (Å²) in [6.45, 7) is 4.26. The van der Waals surface area contributed by atoms with E-state index >= 15 is 0 Å². The van der Waals surface area contributed by atoms with Gasteiger partial charge in [0.2, 0.25) is 0 Å². The van der Waals surface area contributed by atoms with Gasteiger partial charge in [-0.15, -0.1) is 0 Å². The van der Waals surface area contributed by atoms with Crippen LogP contribution >= 0.6 is 11.6 Å². The summed E-state index contributed by atoms with van der Waals surface area (Å²) in [5, 5.41) is 9.50. The van der Waals surface area contributed by atoms with Gasteiger partial charge in [0, 0.05) is 10.6 Å². The molecule has 0 amide bonds. The van der Waals surface area contributed by atoms with Gasteiger partial charge < -0.3 is 9.84 Å². The van der Waals surface area contributed by atoms with E-state index in [2.05, 4.69) is 11.8 Å². The predicted molar refractivity (Wildman–Crippen MR) is 85.7 cm³/mol. The number of aryl methyl sites for hydroxylation is 2. The van der Waals surface area contributed by atoms with Crippen molar-refractivity contribution in [1.82, 2.24) is 0 Å².